The standard InChI is InChI=1S/C13H17F2NO/c14-11-8-10-4-3-6-16(5-1-2-7-17)13(10)12(15)9-11/h8-9,17H,1-7H2. The number of hydrogen-bond acceptors (Lipinski definition) is 2. The zero-order chi connectivity index (χ0) is 12.3. The molecule has 0 amide bonds. The number of rotatable bonds is 4. The Morgan fingerprint density at radius 3 is 2.82 bits per heavy atom. The van der Waals surface area contributed by atoms with E-state index in [2.05, 4.69) is 0 Å². The lowest BCUT2D eigenvalue weighted by Gasteiger charge is -2.31. The average Bonchev–Trinajstić information content (AvgIpc) is 2.28. The van der Waals surface area contributed by atoms with Crippen molar-refractivity contribution < 1.29 is 13.9 Å². The first-order chi connectivity index (χ1) is 8.22. The summed E-state index contributed by atoms with van der Waals surface area (Å²) in [5.41, 5.74) is 1.31. The Morgan fingerprint density at radius 2 is 2.06 bits per heavy atom. The van der Waals surface area contributed by atoms with Gasteiger partial charge in [-0.1, -0.05) is 0 Å². The largest absolute Gasteiger partial charge is 0.396 e. The molecule has 0 spiro atoms. The van der Waals surface area contributed by atoms with Crippen LogP contribution in [0.15, 0.2) is 12.1 Å². The van der Waals surface area contributed by atoms with Crippen LogP contribution in [0.2, 0.25) is 0 Å². The molecule has 0 saturated carbocycles. The molecule has 1 aliphatic rings. The van der Waals surface area contributed by atoms with E-state index in [0.717, 1.165) is 44.0 Å². The molecule has 4 heteroatoms. The molecule has 0 saturated heterocycles. The molecule has 2 nitrogen and oxygen atoms in total. The van der Waals surface area contributed by atoms with E-state index >= 15 is 0 Å². The van der Waals surface area contributed by atoms with Gasteiger partial charge in [0, 0.05) is 25.8 Å². The van der Waals surface area contributed by atoms with Crippen molar-refractivity contribution in [2.24, 2.45) is 0 Å². The molecule has 0 bridgehead atoms. The summed E-state index contributed by atoms with van der Waals surface area (Å²) in [6, 6.07) is 2.37. The van der Waals surface area contributed by atoms with E-state index in [-0.39, 0.29) is 6.61 Å². The van der Waals surface area contributed by atoms with Crippen LogP contribution in [0.5, 0.6) is 0 Å². The minimum Gasteiger partial charge on any atom is -0.396 e. The smallest absolute Gasteiger partial charge is 0.149 e. The third-order valence-corrected chi connectivity index (χ3v) is 3.13. The predicted molar refractivity (Wildman–Crippen MR) is 63.2 cm³/mol. The van der Waals surface area contributed by atoms with Crippen molar-refractivity contribution in [1.29, 1.82) is 0 Å². The highest BCUT2D eigenvalue weighted by Crippen LogP contribution is 2.31. The summed E-state index contributed by atoms with van der Waals surface area (Å²) in [5.74, 6) is -0.970. The highest BCUT2D eigenvalue weighted by molar-refractivity contribution is 5.56. The summed E-state index contributed by atoms with van der Waals surface area (Å²) in [4.78, 5) is 1.96. The van der Waals surface area contributed by atoms with Gasteiger partial charge in [-0.2, -0.15) is 0 Å². The summed E-state index contributed by atoms with van der Waals surface area (Å²) in [5, 5.41) is 8.74. The topological polar surface area (TPSA) is 23.5 Å². The van der Waals surface area contributed by atoms with Crippen LogP contribution in [-0.4, -0.2) is 24.8 Å². The first-order valence-electron chi connectivity index (χ1n) is 6.06. The van der Waals surface area contributed by atoms with Crippen molar-refractivity contribution in [1.82, 2.24) is 0 Å². The summed E-state index contributed by atoms with van der Waals surface area (Å²) in [7, 11) is 0. The summed E-state index contributed by atoms with van der Waals surface area (Å²) in [6.45, 7) is 1.68. The van der Waals surface area contributed by atoms with Gasteiger partial charge < -0.3 is 10.0 Å². The minimum absolute atomic E-state index is 0.159. The van der Waals surface area contributed by atoms with Crippen LogP contribution in [0.1, 0.15) is 24.8 Å². The quantitative estimate of drug-likeness (QED) is 0.819. The number of unbranched alkanes of at least 4 members (excludes halogenated alkanes) is 1. The Kier molecular flexibility index (Phi) is 3.94. The van der Waals surface area contributed by atoms with Gasteiger partial charge in [0.05, 0.1) is 5.69 Å². The molecule has 0 aromatic heterocycles. The van der Waals surface area contributed by atoms with Gasteiger partial charge in [0.1, 0.15) is 11.6 Å². The van der Waals surface area contributed by atoms with Crippen molar-refractivity contribution in [2.75, 3.05) is 24.6 Å². The SMILES string of the molecule is OCCCCN1CCCc2cc(F)cc(F)c21. The minimum atomic E-state index is -0.501. The van der Waals surface area contributed by atoms with Crippen molar-refractivity contribution in [3.8, 4) is 0 Å². The average molecular weight is 241 g/mol. The number of hydrogen-bond donors (Lipinski definition) is 1. The first-order valence-corrected chi connectivity index (χ1v) is 6.06. The van der Waals surface area contributed by atoms with Crippen molar-refractivity contribution in [3.63, 3.8) is 0 Å². The van der Waals surface area contributed by atoms with Gasteiger partial charge in [-0.15, -0.1) is 0 Å². The number of aliphatic hydroxyl groups is 1. The highest BCUT2D eigenvalue weighted by Gasteiger charge is 2.21. The van der Waals surface area contributed by atoms with Crippen LogP contribution >= 0.6 is 0 Å². The molecular formula is C13H17F2NO. The Bertz CT molecular complexity index is 395. The van der Waals surface area contributed by atoms with E-state index in [0.29, 0.717) is 12.1 Å². The lowest BCUT2D eigenvalue weighted by Crippen LogP contribution is -2.31. The molecule has 2 rings (SSSR count). The molecule has 0 unspecified atom stereocenters. The van der Waals surface area contributed by atoms with Gasteiger partial charge in [0.25, 0.3) is 0 Å². The van der Waals surface area contributed by atoms with Crippen molar-refractivity contribution in [2.45, 2.75) is 25.7 Å². The van der Waals surface area contributed by atoms with Gasteiger partial charge in [-0.3, -0.25) is 0 Å². The fourth-order valence-electron chi connectivity index (χ4n) is 2.37. The van der Waals surface area contributed by atoms with Crippen LogP contribution in [-0.2, 0) is 6.42 Å². The molecule has 1 heterocycles. The predicted octanol–water partition coefficient (Wildman–Crippen LogP) is 2.49. The molecule has 1 aromatic carbocycles. The summed E-state index contributed by atoms with van der Waals surface area (Å²) >= 11 is 0. The lowest BCUT2D eigenvalue weighted by atomic mass is 10.0. The zero-order valence-corrected chi connectivity index (χ0v) is 9.75. The molecule has 0 atom stereocenters. The fourth-order valence-corrected chi connectivity index (χ4v) is 2.37. The number of aliphatic hydroxyl groups excluding tert-OH is 1. The van der Waals surface area contributed by atoms with E-state index in [1.807, 2.05) is 4.90 Å². The number of halogens is 2. The molecular weight excluding hydrogens is 224 g/mol. The Labute approximate surface area is 99.9 Å². The van der Waals surface area contributed by atoms with Gasteiger partial charge in [0.15, 0.2) is 0 Å². The third-order valence-electron chi connectivity index (χ3n) is 3.13. The molecule has 94 valence electrons. The van der Waals surface area contributed by atoms with Crippen molar-refractivity contribution in [3.05, 3.63) is 29.3 Å². The zero-order valence-electron chi connectivity index (χ0n) is 9.75. The molecule has 0 aliphatic carbocycles. The van der Waals surface area contributed by atoms with E-state index in [1.165, 1.54) is 6.07 Å². The van der Waals surface area contributed by atoms with Gasteiger partial charge in [0.2, 0.25) is 0 Å². The number of anilines is 1. The van der Waals surface area contributed by atoms with E-state index in [9.17, 15) is 8.78 Å². The Morgan fingerprint density at radius 1 is 1.24 bits per heavy atom. The summed E-state index contributed by atoms with van der Waals surface area (Å²) in [6.07, 6.45) is 3.21. The number of benzene rings is 1. The number of fused-ring (bicyclic) bond motifs is 1. The number of aryl methyl sites for hydroxylation is 1. The van der Waals surface area contributed by atoms with E-state index < -0.39 is 11.6 Å². The van der Waals surface area contributed by atoms with E-state index in [1.54, 1.807) is 0 Å². The van der Waals surface area contributed by atoms with Crippen molar-refractivity contribution >= 4 is 5.69 Å². The maximum Gasteiger partial charge on any atom is 0.149 e. The monoisotopic (exact) mass is 241 g/mol. The van der Waals surface area contributed by atoms with Gasteiger partial charge in [-0.05, 0) is 37.3 Å². The Balaban J connectivity index is 2.18. The lowest BCUT2D eigenvalue weighted by molar-refractivity contribution is 0.285. The highest BCUT2D eigenvalue weighted by atomic mass is 19.1. The van der Waals surface area contributed by atoms with Crippen LogP contribution in [0.4, 0.5) is 14.5 Å². The van der Waals surface area contributed by atoms with Crippen LogP contribution < -0.4 is 4.90 Å². The second-order valence-electron chi connectivity index (χ2n) is 4.42. The molecule has 0 fully saturated rings. The van der Waals surface area contributed by atoms with Gasteiger partial charge >= 0.3 is 0 Å². The fraction of sp³-hybridized carbons (Fsp3) is 0.538. The summed E-state index contributed by atoms with van der Waals surface area (Å²) < 4.78 is 26.9. The molecule has 1 aromatic rings. The molecule has 1 aliphatic heterocycles. The second-order valence-corrected chi connectivity index (χ2v) is 4.42. The van der Waals surface area contributed by atoms with Crippen LogP contribution in [0, 0.1) is 11.6 Å². The maximum absolute atomic E-state index is 13.8. The second kappa shape index (κ2) is 5.45. The third kappa shape index (κ3) is 2.75. The molecule has 1 N–H and O–H groups in total. The van der Waals surface area contributed by atoms with Crippen LogP contribution in [0.3, 0.4) is 0 Å². The van der Waals surface area contributed by atoms with E-state index in [4.69, 9.17) is 5.11 Å². The number of nitrogens with zero attached hydrogens (tertiary/aromatic N) is 1. The van der Waals surface area contributed by atoms with Gasteiger partial charge in [-0.25, -0.2) is 8.78 Å². The normalized spacial score (nSPS) is 14.9. The molecule has 17 heavy (non-hydrogen) atoms. The van der Waals surface area contributed by atoms with Crippen LogP contribution in [0.25, 0.3) is 0 Å². The first kappa shape index (κ1) is 12.3. The Hall–Kier alpha value is -1.16. The maximum atomic E-state index is 13.8. The molecule has 0 radical (unpaired) electrons.